The predicted octanol–water partition coefficient (Wildman–Crippen LogP) is 3.80. The van der Waals surface area contributed by atoms with Crippen molar-refractivity contribution in [3.05, 3.63) is 46.3 Å². The number of methoxy groups -OCH3 is 3. The molecule has 0 saturated heterocycles. The van der Waals surface area contributed by atoms with Crippen molar-refractivity contribution in [2.75, 3.05) is 21.3 Å². The average Bonchev–Trinajstić information content (AvgIpc) is 3.06. The van der Waals surface area contributed by atoms with Gasteiger partial charge in [-0.2, -0.15) is 4.99 Å². The van der Waals surface area contributed by atoms with Gasteiger partial charge in [0.15, 0.2) is 16.3 Å². The standard InChI is InChI=1S/C20H22N2O4S/c1-6-22-17-15(25-4)9-7-12(2)18(17)27-20(22)21-19(23)13-8-10-14(24-3)16(11-13)26-5/h7-11H,6H2,1-5H3. The highest BCUT2D eigenvalue weighted by atomic mass is 32.1. The van der Waals surface area contributed by atoms with Crippen molar-refractivity contribution < 1.29 is 19.0 Å². The molecule has 27 heavy (non-hydrogen) atoms. The number of thiazole rings is 1. The lowest BCUT2D eigenvalue weighted by Crippen LogP contribution is -2.16. The zero-order valence-electron chi connectivity index (χ0n) is 16.0. The minimum atomic E-state index is -0.332. The van der Waals surface area contributed by atoms with Crippen LogP contribution < -0.4 is 19.0 Å². The number of fused-ring (bicyclic) bond motifs is 1. The SMILES string of the molecule is CCn1c(=NC(=O)c2ccc(OC)c(OC)c2)sc2c(C)ccc(OC)c21. The quantitative estimate of drug-likeness (QED) is 0.669. The second-order valence-corrected chi connectivity index (χ2v) is 6.86. The maximum absolute atomic E-state index is 12.8. The van der Waals surface area contributed by atoms with E-state index in [2.05, 4.69) is 4.99 Å². The van der Waals surface area contributed by atoms with E-state index in [0.717, 1.165) is 21.5 Å². The summed E-state index contributed by atoms with van der Waals surface area (Å²) in [5.74, 6) is 1.51. The van der Waals surface area contributed by atoms with E-state index in [1.54, 1.807) is 32.4 Å². The summed E-state index contributed by atoms with van der Waals surface area (Å²) in [7, 11) is 4.74. The van der Waals surface area contributed by atoms with E-state index in [9.17, 15) is 4.79 Å². The summed E-state index contributed by atoms with van der Waals surface area (Å²) in [5.41, 5.74) is 2.53. The number of rotatable bonds is 5. The molecule has 0 aliphatic carbocycles. The van der Waals surface area contributed by atoms with Crippen molar-refractivity contribution >= 4 is 27.5 Å². The molecule has 3 aromatic rings. The lowest BCUT2D eigenvalue weighted by atomic mass is 10.2. The van der Waals surface area contributed by atoms with E-state index < -0.39 is 0 Å². The third kappa shape index (κ3) is 3.42. The van der Waals surface area contributed by atoms with Crippen molar-refractivity contribution in [1.29, 1.82) is 0 Å². The molecule has 1 aromatic heterocycles. The van der Waals surface area contributed by atoms with Crippen molar-refractivity contribution in [3.63, 3.8) is 0 Å². The first-order valence-electron chi connectivity index (χ1n) is 8.52. The first-order chi connectivity index (χ1) is 13.0. The van der Waals surface area contributed by atoms with Gasteiger partial charge < -0.3 is 18.8 Å². The van der Waals surface area contributed by atoms with Gasteiger partial charge in [-0.3, -0.25) is 4.79 Å². The topological polar surface area (TPSA) is 62.1 Å². The van der Waals surface area contributed by atoms with Gasteiger partial charge in [-0.05, 0) is 43.7 Å². The highest BCUT2D eigenvalue weighted by molar-refractivity contribution is 7.16. The smallest absolute Gasteiger partial charge is 0.279 e. The van der Waals surface area contributed by atoms with Gasteiger partial charge in [0.05, 0.1) is 26.0 Å². The Hall–Kier alpha value is -2.80. The normalized spacial score (nSPS) is 11.7. The van der Waals surface area contributed by atoms with Crippen molar-refractivity contribution in [2.45, 2.75) is 20.4 Å². The fraction of sp³-hybridized carbons (Fsp3) is 0.300. The molecule has 0 atom stereocenters. The average molecular weight is 386 g/mol. The minimum absolute atomic E-state index is 0.332. The van der Waals surface area contributed by atoms with Crippen LogP contribution in [0.15, 0.2) is 35.3 Å². The van der Waals surface area contributed by atoms with Gasteiger partial charge in [0.2, 0.25) is 0 Å². The van der Waals surface area contributed by atoms with Gasteiger partial charge in [0.1, 0.15) is 11.3 Å². The molecule has 0 fully saturated rings. The van der Waals surface area contributed by atoms with Crippen LogP contribution >= 0.6 is 11.3 Å². The van der Waals surface area contributed by atoms with Gasteiger partial charge in [-0.25, -0.2) is 0 Å². The number of amides is 1. The van der Waals surface area contributed by atoms with Crippen LogP contribution in [0.2, 0.25) is 0 Å². The number of benzene rings is 2. The van der Waals surface area contributed by atoms with Crippen LogP contribution in [-0.2, 0) is 6.54 Å². The Balaban J connectivity index is 2.16. The molecule has 7 heteroatoms. The molecular weight excluding hydrogens is 364 g/mol. The molecule has 0 unspecified atom stereocenters. The van der Waals surface area contributed by atoms with Gasteiger partial charge >= 0.3 is 0 Å². The van der Waals surface area contributed by atoms with Crippen molar-refractivity contribution in [3.8, 4) is 17.2 Å². The largest absolute Gasteiger partial charge is 0.495 e. The second kappa shape index (κ2) is 7.84. The first-order valence-corrected chi connectivity index (χ1v) is 9.33. The Bertz CT molecular complexity index is 1070. The molecule has 0 N–H and O–H groups in total. The molecule has 0 saturated carbocycles. The number of ether oxygens (including phenoxy) is 3. The van der Waals surface area contributed by atoms with Crippen LogP contribution in [0.3, 0.4) is 0 Å². The number of aryl methyl sites for hydroxylation is 2. The summed E-state index contributed by atoms with van der Waals surface area (Å²) in [6.07, 6.45) is 0. The van der Waals surface area contributed by atoms with Crippen LogP contribution in [-0.4, -0.2) is 31.8 Å². The summed E-state index contributed by atoms with van der Waals surface area (Å²) in [4.78, 5) is 17.8. The monoisotopic (exact) mass is 386 g/mol. The molecule has 0 radical (unpaired) electrons. The molecule has 2 aromatic carbocycles. The van der Waals surface area contributed by atoms with E-state index in [4.69, 9.17) is 14.2 Å². The second-order valence-electron chi connectivity index (χ2n) is 5.88. The van der Waals surface area contributed by atoms with Gasteiger partial charge in [-0.15, -0.1) is 0 Å². The van der Waals surface area contributed by atoms with Crippen LogP contribution in [0.1, 0.15) is 22.8 Å². The molecule has 142 valence electrons. The summed E-state index contributed by atoms with van der Waals surface area (Å²) >= 11 is 1.48. The highest BCUT2D eigenvalue weighted by Gasteiger charge is 2.15. The Morgan fingerprint density at radius 1 is 1.04 bits per heavy atom. The Morgan fingerprint density at radius 3 is 2.33 bits per heavy atom. The van der Waals surface area contributed by atoms with Gasteiger partial charge in [0.25, 0.3) is 5.91 Å². The zero-order chi connectivity index (χ0) is 19.6. The number of carbonyl (C=O) groups excluding carboxylic acids is 1. The summed E-state index contributed by atoms with van der Waals surface area (Å²) < 4.78 is 19.1. The van der Waals surface area contributed by atoms with E-state index in [1.807, 2.05) is 30.5 Å². The fourth-order valence-electron chi connectivity index (χ4n) is 2.94. The highest BCUT2D eigenvalue weighted by Crippen LogP contribution is 2.31. The maximum Gasteiger partial charge on any atom is 0.279 e. The van der Waals surface area contributed by atoms with Crippen LogP contribution in [0, 0.1) is 6.92 Å². The zero-order valence-corrected chi connectivity index (χ0v) is 16.8. The number of hydrogen-bond acceptors (Lipinski definition) is 5. The summed E-state index contributed by atoms with van der Waals surface area (Å²) in [6, 6.07) is 8.98. The maximum atomic E-state index is 12.8. The summed E-state index contributed by atoms with van der Waals surface area (Å²) in [6.45, 7) is 4.74. The molecule has 0 spiro atoms. The number of nitrogens with zero attached hydrogens (tertiary/aromatic N) is 2. The molecular formula is C20H22N2O4S. The van der Waals surface area contributed by atoms with Crippen LogP contribution in [0.25, 0.3) is 10.2 Å². The van der Waals surface area contributed by atoms with Gasteiger partial charge in [0, 0.05) is 12.1 Å². The number of carbonyl (C=O) groups is 1. The molecule has 0 bridgehead atoms. The van der Waals surface area contributed by atoms with Crippen molar-refractivity contribution in [2.24, 2.45) is 4.99 Å². The van der Waals surface area contributed by atoms with E-state index >= 15 is 0 Å². The first kappa shape index (κ1) is 19.0. The van der Waals surface area contributed by atoms with E-state index in [1.165, 1.54) is 18.4 Å². The van der Waals surface area contributed by atoms with Crippen LogP contribution in [0.5, 0.6) is 17.2 Å². The molecule has 1 amide bonds. The number of hydrogen-bond donors (Lipinski definition) is 0. The Morgan fingerprint density at radius 2 is 1.70 bits per heavy atom. The third-order valence-corrected chi connectivity index (χ3v) is 5.56. The summed E-state index contributed by atoms with van der Waals surface area (Å²) in [5, 5.41) is 0. The predicted molar refractivity (Wildman–Crippen MR) is 106 cm³/mol. The Kier molecular flexibility index (Phi) is 5.51. The minimum Gasteiger partial charge on any atom is -0.495 e. The number of aromatic nitrogens is 1. The third-order valence-electron chi connectivity index (χ3n) is 4.35. The van der Waals surface area contributed by atoms with E-state index in [-0.39, 0.29) is 5.91 Å². The molecule has 6 nitrogen and oxygen atoms in total. The van der Waals surface area contributed by atoms with E-state index in [0.29, 0.717) is 28.4 Å². The molecule has 0 aliphatic rings. The Labute approximate surface area is 161 Å². The lowest BCUT2D eigenvalue weighted by Gasteiger charge is -2.08. The fourth-order valence-corrected chi connectivity index (χ4v) is 4.12. The van der Waals surface area contributed by atoms with Gasteiger partial charge in [-0.1, -0.05) is 17.4 Å². The molecule has 0 aliphatic heterocycles. The molecule has 3 rings (SSSR count). The lowest BCUT2D eigenvalue weighted by molar-refractivity contribution is 0.0997. The van der Waals surface area contributed by atoms with Crippen LogP contribution in [0.4, 0.5) is 0 Å². The molecule has 1 heterocycles. The van der Waals surface area contributed by atoms with Crippen molar-refractivity contribution in [1.82, 2.24) is 4.57 Å².